The predicted octanol–water partition coefficient (Wildman–Crippen LogP) is 1.65. The summed E-state index contributed by atoms with van der Waals surface area (Å²) in [6, 6.07) is 5.63. The van der Waals surface area contributed by atoms with Crippen molar-refractivity contribution < 1.29 is 9.53 Å². The number of nitrogens with one attached hydrogen (secondary N) is 1. The fraction of sp³-hybridized carbons (Fsp3) is 0.357. The van der Waals surface area contributed by atoms with E-state index in [1.807, 2.05) is 23.6 Å². The molecule has 1 amide bonds. The van der Waals surface area contributed by atoms with Gasteiger partial charge in [-0.05, 0) is 25.0 Å². The lowest BCUT2D eigenvalue weighted by Gasteiger charge is -2.31. The predicted molar refractivity (Wildman–Crippen MR) is 80.9 cm³/mol. The lowest BCUT2D eigenvalue weighted by atomic mass is 9.90. The molecule has 1 aliphatic rings. The molecule has 0 unspecified atom stereocenters. The highest BCUT2D eigenvalue weighted by atomic mass is 32.1. The molecule has 3 rings (SSSR count). The summed E-state index contributed by atoms with van der Waals surface area (Å²) in [6.45, 7) is 1.03. The van der Waals surface area contributed by atoms with E-state index in [0.717, 1.165) is 11.4 Å². The number of nitrogens with zero attached hydrogens (tertiary/aromatic N) is 2. The third-order valence-corrected chi connectivity index (χ3v) is 4.25. The summed E-state index contributed by atoms with van der Waals surface area (Å²) in [7, 11) is 0. The molecule has 0 saturated carbocycles. The molecule has 3 heterocycles. The summed E-state index contributed by atoms with van der Waals surface area (Å²) in [5.41, 5.74) is 6.80. The highest BCUT2D eigenvalue weighted by Gasteiger charge is 2.36. The van der Waals surface area contributed by atoms with Crippen molar-refractivity contribution in [1.29, 1.82) is 0 Å². The van der Waals surface area contributed by atoms with Crippen LogP contribution in [-0.4, -0.2) is 34.6 Å². The highest BCUT2D eigenvalue weighted by molar-refractivity contribution is 7.14. The van der Waals surface area contributed by atoms with Crippen molar-refractivity contribution in [3.8, 4) is 11.4 Å². The van der Waals surface area contributed by atoms with E-state index < -0.39 is 5.54 Å². The first-order valence-corrected chi connectivity index (χ1v) is 7.60. The fourth-order valence-corrected chi connectivity index (χ4v) is 2.85. The molecule has 2 aromatic rings. The molecular weight excluding hydrogens is 288 g/mol. The van der Waals surface area contributed by atoms with Crippen molar-refractivity contribution in [1.82, 2.24) is 9.97 Å². The zero-order valence-corrected chi connectivity index (χ0v) is 12.2. The van der Waals surface area contributed by atoms with Gasteiger partial charge in [0.2, 0.25) is 5.91 Å². The molecular formula is C14H16N4O2S. The van der Waals surface area contributed by atoms with Gasteiger partial charge in [-0.2, -0.15) is 0 Å². The largest absolute Gasteiger partial charge is 0.381 e. The van der Waals surface area contributed by atoms with Crippen LogP contribution < -0.4 is 11.1 Å². The van der Waals surface area contributed by atoms with Crippen LogP contribution in [0.15, 0.2) is 29.8 Å². The van der Waals surface area contributed by atoms with Crippen LogP contribution in [0.2, 0.25) is 0 Å². The number of ether oxygens (including phenoxy) is 1. The molecule has 0 radical (unpaired) electrons. The van der Waals surface area contributed by atoms with Crippen molar-refractivity contribution in [3.63, 3.8) is 0 Å². The zero-order valence-electron chi connectivity index (χ0n) is 11.4. The van der Waals surface area contributed by atoms with E-state index >= 15 is 0 Å². The van der Waals surface area contributed by atoms with Gasteiger partial charge >= 0.3 is 0 Å². The molecule has 0 aromatic carbocycles. The average Bonchev–Trinajstić information content (AvgIpc) is 2.97. The van der Waals surface area contributed by atoms with E-state index in [2.05, 4.69) is 15.3 Å². The number of anilines is 1. The molecule has 0 aliphatic carbocycles. The summed E-state index contributed by atoms with van der Waals surface area (Å²) in [6.07, 6.45) is 2.76. The van der Waals surface area contributed by atoms with E-state index in [1.54, 1.807) is 6.20 Å². The van der Waals surface area contributed by atoms with Gasteiger partial charge in [0.1, 0.15) is 11.2 Å². The Bertz CT molecular complexity index is 623. The quantitative estimate of drug-likeness (QED) is 0.900. The molecule has 1 fully saturated rings. The Kier molecular flexibility index (Phi) is 3.96. The van der Waals surface area contributed by atoms with Crippen molar-refractivity contribution in [2.45, 2.75) is 18.4 Å². The highest BCUT2D eigenvalue weighted by Crippen LogP contribution is 2.25. The van der Waals surface area contributed by atoms with E-state index in [0.29, 0.717) is 31.2 Å². The molecule has 3 N–H and O–H groups in total. The van der Waals surface area contributed by atoms with Gasteiger partial charge in [-0.15, -0.1) is 11.3 Å². The van der Waals surface area contributed by atoms with Crippen LogP contribution in [0.3, 0.4) is 0 Å². The van der Waals surface area contributed by atoms with Gasteiger partial charge in [-0.25, -0.2) is 4.98 Å². The first kappa shape index (κ1) is 14.1. The number of amides is 1. The maximum absolute atomic E-state index is 12.3. The van der Waals surface area contributed by atoms with Gasteiger partial charge in [0.15, 0.2) is 5.13 Å². The minimum Gasteiger partial charge on any atom is -0.381 e. The molecule has 21 heavy (non-hydrogen) atoms. The lowest BCUT2D eigenvalue weighted by molar-refractivity contribution is -0.124. The molecule has 1 saturated heterocycles. The van der Waals surface area contributed by atoms with Crippen molar-refractivity contribution in [3.05, 3.63) is 29.8 Å². The van der Waals surface area contributed by atoms with Gasteiger partial charge in [0, 0.05) is 24.8 Å². The maximum Gasteiger partial charge on any atom is 0.246 e. The number of rotatable bonds is 3. The number of thiazole rings is 1. The molecule has 0 atom stereocenters. The third-order valence-electron chi connectivity index (χ3n) is 3.49. The summed E-state index contributed by atoms with van der Waals surface area (Å²) in [5.74, 6) is -0.201. The van der Waals surface area contributed by atoms with E-state index in [-0.39, 0.29) is 5.91 Å². The second-order valence-electron chi connectivity index (χ2n) is 4.98. The Morgan fingerprint density at radius 1 is 1.33 bits per heavy atom. The van der Waals surface area contributed by atoms with Crippen molar-refractivity contribution >= 4 is 22.4 Å². The van der Waals surface area contributed by atoms with E-state index in [1.165, 1.54) is 11.3 Å². The molecule has 2 aromatic heterocycles. The Labute approximate surface area is 126 Å². The van der Waals surface area contributed by atoms with Gasteiger partial charge in [0.05, 0.1) is 5.69 Å². The Hall–Kier alpha value is -1.83. The first-order valence-electron chi connectivity index (χ1n) is 6.72. The van der Waals surface area contributed by atoms with Crippen molar-refractivity contribution in [2.24, 2.45) is 5.73 Å². The van der Waals surface area contributed by atoms with Crippen LogP contribution in [-0.2, 0) is 9.53 Å². The summed E-state index contributed by atoms with van der Waals surface area (Å²) in [4.78, 5) is 20.9. The van der Waals surface area contributed by atoms with Gasteiger partial charge in [-0.1, -0.05) is 6.07 Å². The number of hydrogen-bond donors (Lipinski definition) is 2. The summed E-state index contributed by atoms with van der Waals surface area (Å²) < 4.78 is 5.25. The van der Waals surface area contributed by atoms with Crippen LogP contribution in [0.4, 0.5) is 5.13 Å². The molecule has 1 aliphatic heterocycles. The number of carbonyl (C=O) groups excluding carboxylic acids is 1. The zero-order chi connectivity index (χ0) is 14.7. The van der Waals surface area contributed by atoms with Crippen molar-refractivity contribution in [2.75, 3.05) is 18.5 Å². The van der Waals surface area contributed by atoms with Gasteiger partial charge in [-0.3, -0.25) is 9.78 Å². The second-order valence-corrected chi connectivity index (χ2v) is 5.83. The summed E-state index contributed by atoms with van der Waals surface area (Å²) >= 11 is 1.37. The van der Waals surface area contributed by atoms with Crippen LogP contribution in [0.5, 0.6) is 0 Å². The topological polar surface area (TPSA) is 90.1 Å². The normalized spacial score (nSPS) is 17.4. The number of pyridine rings is 1. The van der Waals surface area contributed by atoms with E-state index in [9.17, 15) is 4.79 Å². The fourth-order valence-electron chi connectivity index (χ4n) is 2.15. The molecule has 110 valence electrons. The monoisotopic (exact) mass is 304 g/mol. The minimum atomic E-state index is -0.866. The number of nitrogens with two attached hydrogens (primary N) is 1. The average molecular weight is 304 g/mol. The van der Waals surface area contributed by atoms with Crippen LogP contribution in [0.1, 0.15) is 12.8 Å². The van der Waals surface area contributed by atoms with Crippen LogP contribution in [0, 0.1) is 0 Å². The molecule has 7 heteroatoms. The van der Waals surface area contributed by atoms with Gasteiger partial charge < -0.3 is 15.8 Å². The molecule has 6 nitrogen and oxygen atoms in total. The maximum atomic E-state index is 12.3. The second kappa shape index (κ2) is 5.88. The SMILES string of the molecule is NC1(C(=O)Nc2nc(-c3ccccn3)cs2)CCOCC1. The number of carbonyl (C=O) groups is 1. The van der Waals surface area contributed by atoms with Crippen LogP contribution >= 0.6 is 11.3 Å². The van der Waals surface area contributed by atoms with Crippen LogP contribution in [0.25, 0.3) is 11.4 Å². The Balaban J connectivity index is 1.71. The van der Waals surface area contributed by atoms with Gasteiger partial charge in [0.25, 0.3) is 0 Å². The molecule has 0 bridgehead atoms. The standard InChI is InChI=1S/C14H16N4O2S/c15-14(4-7-20-8-5-14)12(19)18-13-17-11(9-21-13)10-3-1-2-6-16-10/h1-3,6,9H,4-5,7-8,15H2,(H,17,18,19). The number of hydrogen-bond acceptors (Lipinski definition) is 6. The summed E-state index contributed by atoms with van der Waals surface area (Å²) in [5, 5.41) is 5.21. The molecule has 0 spiro atoms. The Morgan fingerprint density at radius 3 is 2.86 bits per heavy atom. The van der Waals surface area contributed by atoms with E-state index in [4.69, 9.17) is 10.5 Å². The minimum absolute atomic E-state index is 0.201. The smallest absolute Gasteiger partial charge is 0.246 e. The Morgan fingerprint density at radius 2 is 2.14 bits per heavy atom. The lowest BCUT2D eigenvalue weighted by Crippen LogP contribution is -2.54. The number of aromatic nitrogens is 2. The first-order chi connectivity index (χ1) is 10.2. The third kappa shape index (κ3) is 3.10.